The summed E-state index contributed by atoms with van der Waals surface area (Å²) < 4.78 is 0. The minimum absolute atomic E-state index is 0.168. The lowest BCUT2D eigenvalue weighted by Crippen LogP contribution is -2.40. The number of halogens is 1. The number of amides is 1. The Labute approximate surface area is 112 Å². The van der Waals surface area contributed by atoms with Gasteiger partial charge in [0.1, 0.15) is 17.4 Å². The molecule has 2 N–H and O–H groups in total. The summed E-state index contributed by atoms with van der Waals surface area (Å²) in [7, 11) is 0. The molecule has 102 valence electrons. The van der Waals surface area contributed by atoms with E-state index in [9.17, 15) is 19.7 Å². The molecule has 0 fully saturated rings. The molecule has 1 aromatic heterocycles. The van der Waals surface area contributed by atoms with Gasteiger partial charge in [-0.2, -0.15) is 0 Å². The van der Waals surface area contributed by atoms with Crippen LogP contribution in [0.1, 0.15) is 23.7 Å². The lowest BCUT2D eigenvalue weighted by atomic mass is 10.2. The monoisotopic (exact) mass is 287 g/mol. The molecule has 9 heteroatoms. The number of nitrogens with zero attached hydrogens (tertiary/aromatic N) is 2. The maximum absolute atomic E-state index is 11.8. The summed E-state index contributed by atoms with van der Waals surface area (Å²) in [4.78, 5) is 35.9. The number of hydrogen-bond acceptors (Lipinski definition) is 5. The average Bonchev–Trinajstić information content (AvgIpc) is 2.35. The molecule has 1 rings (SSSR count). The molecule has 0 aliphatic carbocycles. The fraction of sp³-hybridized carbons (Fsp3) is 0.300. The van der Waals surface area contributed by atoms with Crippen LogP contribution in [0.4, 0.5) is 5.69 Å². The molecular weight excluding hydrogens is 278 g/mol. The minimum atomic E-state index is -1.20. The normalized spacial score (nSPS) is 11.7. The number of pyridine rings is 1. The van der Waals surface area contributed by atoms with Crippen LogP contribution in [0.5, 0.6) is 0 Å². The lowest BCUT2D eigenvalue weighted by Gasteiger charge is -2.12. The third-order valence-corrected chi connectivity index (χ3v) is 2.59. The van der Waals surface area contributed by atoms with Crippen LogP contribution in [-0.2, 0) is 4.79 Å². The van der Waals surface area contributed by atoms with Crippen molar-refractivity contribution in [1.82, 2.24) is 10.3 Å². The molecule has 0 saturated carbocycles. The summed E-state index contributed by atoms with van der Waals surface area (Å²) in [6, 6.07) is -0.151. The molecule has 0 aliphatic rings. The van der Waals surface area contributed by atoms with Gasteiger partial charge < -0.3 is 10.4 Å². The van der Waals surface area contributed by atoms with Crippen LogP contribution < -0.4 is 5.32 Å². The van der Waals surface area contributed by atoms with E-state index in [-0.39, 0.29) is 17.1 Å². The summed E-state index contributed by atoms with van der Waals surface area (Å²) in [6.07, 6.45) is 1.08. The van der Waals surface area contributed by atoms with Gasteiger partial charge in [0.2, 0.25) is 0 Å². The van der Waals surface area contributed by atoms with Crippen LogP contribution in [0.15, 0.2) is 12.3 Å². The largest absolute Gasteiger partial charge is 0.480 e. The summed E-state index contributed by atoms with van der Waals surface area (Å²) in [5.41, 5.74) is -0.645. The van der Waals surface area contributed by atoms with E-state index in [1.165, 1.54) is 0 Å². The van der Waals surface area contributed by atoms with Crippen molar-refractivity contribution in [3.8, 4) is 0 Å². The van der Waals surface area contributed by atoms with Gasteiger partial charge >= 0.3 is 5.97 Å². The van der Waals surface area contributed by atoms with Crippen molar-refractivity contribution in [3.05, 3.63) is 33.1 Å². The Hall–Kier alpha value is -2.22. The summed E-state index contributed by atoms with van der Waals surface area (Å²) in [5, 5.41) is 21.4. The van der Waals surface area contributed by atoms with Gasteiger partial charge in [-0.3, -0.25) is 14.9 Å². The molecule has 8 nitrogen and oxygen atoms in total. The third kappa shape index (κ3) is 3.62. The van der Waals surface area contributed by atoms with E-state index in [0.717, 1.165) is 12.3 Å². The summed E-state index contributed by atoms with van der Waals surface area (Å²) in [6.45, 7) is 1.58. The van der Waals surface area contributed by atoms with Crippen molar-refractivity contribution >= 4 is 29.2 Å². The Morgan fingerprint density at radius 3 is 2.74 bits per heavy atom. The maximum Gasteiger partial charge on any atom is 0.326 e. The van der Waals surface area contributed by atoms with E-state index in [1.807, 2.05) is 0 Å². The predicted molar refractivity (Wildman–Crippen MR) is 65.1 cm³/mol. The zero-order valence-electron chi connectivity index (χ0n) is 9.79. The molecule has 0 saturated heterocycles. The second-order valence-corrected chi connectivity index (χ2v) is 3.92. The van der Waals surface area contributed by atoms with Gasteiger partial charge in [-0.05, 0) is 6.42 Å². The first kappa shape index (κ1) is 14.8. The molecule has 0 aliphatic heterocycles. The highest BCUT2D eigenvalue weighted by Crippen LogP contribution is 2.19. The highest BCUT2D eigenvalue weighted by atomic mass is 35.5. The van der Waals surface area contributed by atoms with E-state index >= 15 is 0 Å². The molecule has 1 atom stereocenters. The molecule has 0 spiro atoms. The third-order valence-electron chi connectivity index (χ3n) is 2.29. The number of aromatic nitrogens is 1. The van der Waals surface area contributed by atoms with Gasteiger partial charge in [0.25, 0.3) is 11.6 Å². The van der Waals surface area contributed by atoms with Crippen molar-refractivity contribution in [2.24, 2.45) is 0 Å². The summed E-state index contributed by atoms with van der Waals surface area (Å²) in [5.74, 6) is -2.03. The van der Waals surface area contributed by atoms with Crippen molar-refractivity contribution in [2.45, 2.75) is 19.4 Å². The first-order chi connectivity index (χ1) is 8.86. The molecule has 1 amide bonds. The second kappa shape index (κ2) is 6.10. The number of rotatable bonds is 5. The van der Waals surface area contributed by atoms with Crippen LogP contribution in [-0.4, -0.2) is 32.9 Å². The molecule has 0 radical (unpaired) electrons. The molecule has 0 bridgehead atoms. The van der Waals surface area contributed by atoms with Crippen molar-refractivity contribution in [3.63, 3.8) is 0 Å². The van der Waals surface area contributed by atoms with Crippen LogP contribution >= 0.6 is 11.6 Å². The highest BCUT2D eigenvalue weighted by Gasteiger charge is 2.22. The maximum atomic E-state index is 11.8. The van der Waals surface area contributed by atoms with Crippen LogP contribution in [0.25, 0.3) is 0 Å². The van der Waals surface area contributed by atoms with Gasteiger partial charge in [0.15, 0.2) is 0 Å². The number of carbonyl (C=O) groups is 2. The molecule has 0 unspecified atom stereocenters. The first-order valence-electron chi connectivity index (χ1n) is 5.20. The van der Waals surface area contributed by atoms with Gasteiger partial charge in [0, 0.05) is 6.07 Å². The fourth-order valence-corrected chi connectivity index (χ4v) is 1.46. The molecular formula is C10H10ClN3O5. The number of carboxylic acid groups (broad SMARTS) is 1. The predicted octanol–water partition coefficient (Wildman–Crippen LogP) is 1.24. The zero-order valence-corrected chi connectivity index (χ0v) is 10.5. The average molecular weight is 288 g/mol. The Kier molecular flexibility index (Phi) is 4.76. The van der Waals surface area contributed by atoms with Gasteiger partial charge in [-0.15, -0.1) is 0 Å². The zero-order chi connectivity index (χ0) is 14.6. The van der Waals surface area contributed by atoms with Gasteiger partial charge in [0.05, 0.1) is 10.5 Å². The number of aliphatic carboxylic acids is 1. The van der Waals surface area contributed by atoms with Crippen LogP contribution in [0, 0.1) is 10.1 Å². The number of nitrogens with one attached hydrogen (secondary N) is 1. The lowest BCUT2D eigenvalue weighted by molar-refractivity contribution is -0.385. The van der Waals surface area contributed by atoms with Crippen molar-refractivity contribution < 1.29 is 19.6 Å². The molecule has 1 heterocycles. The number of carbonyl (C=O) groups excluding carboxylic acids is 1. The van der Waals surface area contributed by atoms with E-state index in [1.54, 1.807) is 6.92 Å². The minimum Gasteiger partial charge on any atom is -0.480 e. The SMILES string of the molecule is CC[C@H](NC(=O)c1cc([N+](=O)[O-])cnc1Cl)C(=O)O. The van der Waals surface area contributed by atoms with Crippen molar-refractivity contribution in [2.75, 3.05) is 0 Å². The van der Waals surface area contributed by atoms with Gasteiger partial charge in [-0.1, -0.05) is 18.5 Å². The Morgan fingerprint density at radius 1 is 1.63 bits per heavy atom. The van der Waals surface area contributed by atoms with E-state index < -0.39 is 28.5 Å². The number of carboxylic acids is 1. The van der Waals surface area contributed by atoms with E-state index in [2.05, 4.69) is 10.3 Å². The second-order valence-electron chi connectivity index (χ2n) is 3.56. The fourth-order valence-electron chi connectivity index (χ4n) is 1.27. The van der Waals surface area contributed by atoms with E-state index in [4.69, 9.17) is 16.7 Å². The summed E-state index contributed by atoms with van der Waals surface area (Å²) >= 11 is 5.66. The first-order valence-corrected chi connectivity index (χ1v) is 5.58. The quantitative estimate of drug-likeness (QED) is 0.477. The van der Waals surface area contributed by atoms with Crippen LogP contribution in [0.2, 0.25) is 5.15 Å². The Bertz CT molecular complexity index is 534. The Morgan fingerprint density at radius 2 is 2.26 bits per heavy atom. The topological polar surface area (TPSA) is 122 Å². The Balaban J connectivity index is 3.02. The van der Waals surface area contributed by atoms with E-state index in [0.29, 0.717) is 0 Å². The molecule has 0 aromatic carbocycles. The number of hydrogen-bond donors (Lipinski definition) is 2. The highest BCUT2D eigenvalue weighted by molar-refractivity contribution is 6.32. The van der Waals surface area contributed by atoms with Gasteiger partial charge in [-0.25, -0.2) is 9.78 Å². The van der Waals surface area contributed by atoms with Crippen LogP contribution in [0.3, 0.4) is 0 Å². The number of nitro groups is 1. The standard InChI is InChI=1S/C10H10ClN3O5/c1-2-7(10(16)17)13-9(15)6-3-5(14(18)19)4-12-8(6)11/h3-4,7H,2H2,1H3,(H,13,15)(H,16,17)/t7-/m0/s1. The van der Waals surface area contributed by atoms with Crippen molar-refractivity contribution in [1.29, 1.82) is 0 Å². The molecule has 19 heavy (non-hydrogen) atoms. The smallest absolute Gasteiger partial charge is 0.326 e. The molecule has 1 aromatic rings.